The van der Waals surface area contributed by atoms with Crippen LogP contribution < -0.4 is 10.9 Å². The van der Waals surface area contributed by atoms with Gasteiger partial charge in [-0.15, -0.1) is 0 Å². The standard InChI is InChI=1S/C18H23N3O2S/c22-17(11-12-24-15-9-5-2-6-10-15)19-16-13-18(23)21(20-16)14-7-3-1-4-8-14/h1,3-4,7-8,13,15,20H,2,5-6,9-12H2,(H,19,22). The first-order chi connectivity index (χ1) is 11.7. The quantitative estimate of drug-likeness (QED) is 0.841. The van der Waals surface area contributed by atoms with E-state index >= 15 is 0 Å². The van der Waals surface area contributed by atoms with Crippen LogP contribution in [-0.4, -0.2) is 26.7 Å². The number of aromatic nitrogens is 2. The lowest BCUT2D eigenvalue weighted by Gasteiger charge is -2.20. The zero-order valence-corrected chi connectivity index (χ0v) is 14.5. The van der Waals surface area contributed by atoms with Gasteiger partial charge >= 0.3 is 0 Å². The van der Waals surface area contributed by atoms with Gasteiger partial charge in [-0.25, -0.2) is 4.68 Å². The molecule has 1 fully saturated rings. The molecule has 0 unspecified atom stereocenters. The van der Waals surface area contributed by atoms with E-state index in [1.807, 2.05) is 42.1 Å². The Balaban J connectivity index is 1.50. The summed E-state index contributed by atoms with van der Waals surface area (Å²) in [7, 11) is 0. The third-order valence-electron chi connectivity index (χ3n) is 4.24. The van der Waals surface area contributed by atoms with Gasteiger partial charge < -0.3 is 5.32 Å². The maximum Gasteiger partial charge on any atom is 0.273 e. The highest BCUT2D eigenvalue weighted by Crippen LogP contribution is 2.28. The third kappa shape index (κ3) is 4.54. The highest BCUT2D eigenvalue weighted by atomic mass is 32.2. The first kappa shape index (κ1) is 16.9. The maximum atomic E-state index is 12.1. The van der Waals surface area contributed by atoms with Crippen LogP contribution in [0.2, 0.25) is 0 Å². The molecule has 1 amide bonds. The molecule has 0 bridgehead atoms. The molecular weight excluding hydrogens is 322 g/mol. The SMILES string of the molecule is O=C(CCSC1CCCCC1)Nc1cc(=O)n(-c2ccccc2)[nH]1. The number of para-hydroxylation sites is 1. The molecule has 2 N–H and O–H groups in total. The first-order valence-electron chi connectivity index (χ1n) is 8.51. The monoisotopic (exact) mass is 345 g/mol. The van der Waals surface area contributed by atoms with Crippen LogP contribution in [0.5, 0.6) is 0 Å². The number of hydrogen-bond acceptors (Lipinski definition) is 3. The fourth-order valence-corrected chi connectivity index (χ4v) is 4.29. The minimum Gasteiger partial charge on any atom is -0.311 e. The summed E-state index contributed by atoms with van der Waals surface area (Å²) in [6.07, 6.45) is 7.01. The highest BCUT2D eigenvalue weighted by molar-refractivity contribution is 7.99. The average Bonchev–Trinajstić information content (AvgIpc) is 2.97. The lowest BCUT2D eigenvalue weighted by atomic mass is 10.0. The number of benzene rings is 1. The van der Waals surface area contributed by atoms with Crippen molar-refractivity contribution in [3.8, 4) is 5.69 Å². The van der Waals surface area contributed by atoms with Crippen molar-refractivity contribution in [2.75, 3.05) is 11.1 Å². The number of nitrogens with zero attached hydrogens (tertiary/aromatic N) is 1. The summed E-state index contributed by atoms with van der Waals surface area (Å²) < 4.78 is 1.42. The minimum atomic E-state index is -0.187. The molecule has 1 saturated carbocycles. The number of rotatable bonds is 6. The van der Waals surface area contributed by atoms with Crippen LogP contribution in [0.3, 0.4) is 0 Å². The van der Waals surface area contributed by atoms with E-state index in [1.54, 1.807) is 0 Å². The van der Waals surface area contributed by atoms with Crippen LogP contribution >= 0.6 is 11.8 Å². The van der Waals surface area contributed by atoms with Gasteiger partial charge in [-0.2, -0.15) is 11.8 Å². The van der Waals surface area contributed by atoms with Crippen molar-refractivity contribution >= 4 is 23.5 Å². The highest BCUT2D eigenvalue weighted by Gasteiger charge is 2.14. The topological polar surface area (TPSA) is 66.9 Å². The van der Waals surface area contributed by atoms with Crippen molar-refractivity contribution in [1.29, 1.82) is 0 Å². The summed E-state index contributed by atoms with van der Waals surface area (Å²) in [5.74, 6) is 1.22. The van der Waals surface area contributed by atoms with E-state index in [0.717, 1.165) is 11.4 Å². The van der Waals surface area contributed by atoms with Crippen LogP contribution in [0, 0.1) is 0 Å². The second kappa shape index (κ2) is 8.24. The van der Waals surface area contributed by atoms with Crippen molar-refractivity contribution < 1.29 is 4.79 Å². The normalized spacial score (nSPS) is 15.3. The van der Waals surface area contributed by atoms with Crippen LogP contribution in [0.4, 0.5) is 5.82 Å². The van der Waals surface area contributed by atoms with Crippen molar-refractivity contribution in [1.82, 2.24) is 9.78 Å². The summed E-state index contributed by atoms with van der Waals surface area (Å²) in [6, 6.07) is 10.7. The van der Waals surface area contributed by atoms with Gasteiger partial charge in [0.15, 0.2) is 0 Å². The number of carbonyl (C=O) groups excluding carboxylic acids is 1. The number of anilines is 1. The Morgan fingerprint density at radius 2 is 1.96 bits per heavy atom. The zero-order valence-electron chi connectivity index (χ0n) is 13.7. The Labute approximate surface area is 145 Å². The molecule has 1 heterocycles. The molecule has 1 aromatic heterocycles. The van der Waals surface area contributed by atoms with Crippen LogP contribution in [0.15, 0.2) is 41.2 Å². The Morgan fingerprint density at radius 3 is 2.71 bits per heavy atom. The van der Waals surface area contributed by atoms with Crippen LogP contribution in [-0.2, 0) is 4.79 Å². The molecule has 1 aromatic carbocycles. The number of aromatic amines is 1. The van der Waals surface area contributed by atoms with Gasteiger partial charge in [0, 0.05) is 23.5 Å². The number of thioether (sulfide) groups is 1. The Kier molecular flexibility index (Phi) is 5.80. The molecule has 0 atom stereocenters. The predicted octanol–water partition coefficient (Wildman–Crippen LogP) is 3.56. The van der Waals surface area contributed by atoms with Crippen molar-refractivity contribution in [3.05, 3.63) is 46.8 Å². The molecule has 6 heteroatoms. The minimum absolute atomic E-state index is 0.0558. The van der Waals surface area contributed by atoms with Gasteiger partial charge in [-0.1, -0.05) is 37.5 Å². The molecular formula is C18H23N3O2S. The van der Waals surface area contributed by atoms with Crippen molar-refractivity contribution in [2.45, 2.75) is 43.8 Å². The molecule has 1 aliphatic rings. The van der Waals surface area contributed by atoms with E-state index in [9.17, 15) is 9.59 Å². The van der Waals surface area contributed by atoms with Gasteiger partial charge in [0.1, 0.15) is 5.82 Å². The van der Waals surface area contributed by atoms with Gasteiger partial charge in [0.05, 0.1) is 5.69 Å². The second-order valence-corrected chi connectivity index (χ2v) is 7.52. The second-order valence-electron chi connectivity index (χ2n) is 6.11. The maximum absolute atomic E-state index is 12.1. The van der Waals surface area contributed by atoms with E-state index in [1.165, 1.54) is 42.9 Å². The molecule has 0 spiro atoms. The number of hydrogen-bond donors (Lipinski definition) is 2. The van der Waals surface area contributed by atoms with E-state index in [-0.39, 0.29) is 11.5 Å². The lowest BCUT2D eigenvalue weighted by molar-refractivity contribution is -0.115. The molecule has 0 radical (unpaired) electrons. The Hall–Kier alpha value is -1.95. The van der Waals surface area contributed by atoms with E-state index in [0.29, 0.717) is 17.5 Å². The van der Waals surface area contributed by atoms with Gasteiger partial charge in [-0.3, -0.25) is 14.7 Å². The largest absolute Gasteiger partial charge is 0.311 e. The molecule has 24 heavy (non-hydrogen) atoms. The summed E-state index contributed by atoms with van der Waals surface area (Å²) in [5, 5.41) is 6.43. The van der Waals surface area contributed by atoms with Crippen LogP contribution in [0.25, 0.3) is 5.69 Å². The average molecular weight is 345 g/mol. The summed E-state index contributed by atoms with van der Waals surface area (Å²) >= 11 is 1.90. The van der Waals surface area contributed by atoms with Crippen LogP contribution in [0.1, 0.15) is 38.5 Å². The predicted molar refractivity (Wildman–Crippen MR) is 99.0 cm³/mol. The van der Waals surface area contributed by atoms with Gasteiger partial charge in [0.2, 0.25) is 5.91 Å². The molecule has 5 nitrogen and oxygen atoms in total. The first-order valence-corrected chi connectivity index (χ1v) is 9.56. The number of carbonyl (C=O) groups is 1. The number of H-pyrrole nitrogens is 1. The number of amides is 1. The molecule has 1 aliphatic carbocycles. The fourth-order valence-electron chi connectivity index (χ4n) is 2.99. The lowest BCUT2D eigenvalue weighted by Crippen LogP contribution is -2.15. The molecule has 0 aliphatic heterocycles. The van der Waals surface area contributed by atoms with Gasteiger partial charge in [0.25, 0.3) is 5.56 Å². The zero-order chi connectivity index (χ0) is 16.8. The molecule has 2 aromatic rings. The number of nitrogens with one attached hydrogen (secondary N) is 2. The molecule has 0 saturated heterocycles. The Morgan fingerprint density at radius 1 is 1.21 bits per heavy atom. The third-order valence-corrected chi connectivity index (χ3v) is 5.63. The smallest absolute Gasteiger partial charge is 0.273 e. The van der Waals surface area contributed by atoms with Gasteiger partial charge in [-0.05, 0) is 25.0 Å². The Bertz CT molecular complexity index is 717. The van der Waals surface area contributed by atoms with E-state index < -0.39 is 0 Å². The van der Waals surface area contributed by atoms with E-state index in [4.69, 9.17) is 0 Å². The summed E-state index contributed by atoms with van der Waals surface area (Å²) in [5.41, 5.74) is 0.559. The molecule has 128 valence electrons. The van der Waals surface area contributed by atoms with E-state index in [2.05, 4.69) is 10.4 Å². The van der Waals surface area contributed by atoms with Crippen molar-refractivity contribution in [2.24, 2.45) is 0 Å². The molecule has 3 rings (SSSR count). The fraction of sp³-hybridized carbons (Fsp3) is 0.444. The van der Waals surface area contributed by atoms with Crippen molar-refractivity contribution in [3.63, 3.8) is 0 Å². The summed E-state index contributed by atoms with van der Waals surface area (Å²) in [6.45, 7) is 0. The summed E-state index contributed by atoms with van der Waals surface area (Å²) in [4.78, 5) is 24.1.